The van der Waals surface area contributed by atoms with Crippen molar-refractivity contribution in [3.63, 3.8) is 0 Å². The molecular weight excluding hydrogens is 360 g/mol. The van der Waals surface area contributed by atoms with E-state index in [-0.39, 0.29) is 17.3 Å². The predicted molar refractivity (Wildman–Crippen MR) is 109 cm³/mol. The number of nitrogens with zero attached hydrogens (tertiary/aromatic N) is 1. The molecule has 0 spiro atoms. The summed E-state index contributed by atoms with van der Waals surface area (Å²) in [6.45, 7) is 14.3. The highest BCUT2D eigenvalue weighted by Gasteiger charge is 2.23. The predicted octanol–water partition coefficient (Wildman–Crippen LogP) is 3.52. The molecule has 0 radical (unpaired) electrons. The number of hydrogen-bond donors (Lipinski definition) is 1. The van der Waals surface area contributed by atoms with Crippen LogP contribution in [0.4, 0.5) is 5.13 Å². The number of anilines is 1. The molecule has 6 heteroatoms. The molecule has 0 bridgehead atoms. The van der Waals surface area contributed by atoms with E-state index in [0.29, 0.717) is 24.0 Å². The van der Waals surface area contributed by atoms with Crippen molar-refractivity contribution >= 4 is 22.4 Å². The number of carboxylic acids is 1. The molecule has 1 aromatic heterocycles. The number of rotatable bonds is 7. The lowest BCUT2D eigenvalue weighted by Gasteiger charge is -2.27. The molecule has 1 N–H and O–H groups in total. The van der Waals surface area contributed by atoms with Crippen LogP contribution >= 0.6 is 11.3 Å². The van der Waals surface area contributed by atoms with Crippen molar-refractivity contribution in [2.24, 2.45) is 0 Å². The fourth-order valence-corrected chi connectivity index (χ4v) is 3.38. The van der Waals surface area contributed by atoms with Crippen molar-refractivity contribution < 1.29 is 14.6 Å². The number of benzene rings is 1. The minimum Gasteiger partial charge on any atom is -0.550 e. The molecule has 1 heterocycles. The summed E-state index contributed by atoms with van der Waals surface area (Å²) in [5, 5.41) is 16.2. The van der Waals surface area contributed by atoms with Gasteiger partial charge < -0.3 is 20.0 Å². The van der Waals surface area contributed by atoms with E-state index in [4.69, 9.17) is 4.74 Å². The molecule has 0 atom stereocenters. The minimum absolute atomic E-state index is 0.0148. The van der Waals surface area contributed by atoms with Gasteiger partial charge in [0, 0.05) is 17.8 Å². The Morgan fingerprint density at radius 1 is 1.19 bits per heavy atom. The number of aromatic nitrogens is 1. The van der Waals surface area contributed by atoms with Gasteiger partial charge in [-0.3, -0.25) is 0 Å². The number of carbonyl (C=O) groups is 1. The lowest BCUT2D eigenvalue weighted by Crippen LogP contribution is -2.24. The number of nitrogens with one attached hydrogen (secondary N) is 1. The summed E-state index contributed by atoms with van der Waals surface area (Å²) in [5.41, 5.74) is 3.07. The van der Waals surface area contributed by atoms with Crippen molar-refractivity contribution in [2.75, 3.05) is 18.5 Å². The van der Waals surface area contributed by atoms with E-state index >= 15 is 0 Å². The first-order valence-corrected chi connectivity index (χ1v) is 10.0. The molecule has 0 saturated carbocycles. The lowest BCUT2D eigenvalue weighted by atomic mass is 9.80. The average Bonchev–Trinajstić information content (AvgIpc) is 2.96. The smallest absolute Gasteiger partial charge is 0.182 e. The average molecular weight is 390 g/mol. The molecule has 0 aliphatic carbocycles. The summed E-state index contributed by atoms with van der Waals surface area (Å²) in [7, 11) is 0. The fraction of sp³-hybridized carbons (Fsp3) is 0.524. The quantitative estimate of drug-likeness (QED) is 0.734. The second-order valence-electron chi connectivity index (χ2n) is 8.68. The normalized spacial score (nSPS) is 12.1. The summed E-state index contributed by atoms with van der Waals surface area (Å²) < 4.78 is 6.03. The second-order valence-corrected chi connectivity index (χ2v) is 9.54. The highest BCUT2D eigenvalue weighted by Crippen LogP contribution is 2.35. The Morgan fingerprint density at radius 2 is 1.89 bits per heavy atom. The van der Waals surface area contributed by atoms with Crippen molar-refractivity contribution in [3.8, 4) is 5.75 Å². The lowest BCUT2D eigenvalue weighted by molar-refractivity contribution is -0.304. The van der Waals surface area contributed by atoms with Crippen LogP contribution in [0, 0.1) is 0 Å². The molecule has 27 heavy (non-hydrogen) atoms. The van der Waals surface area contributed by atoms with E-state index < -0.39 is 5.97 Å². The number of hydrogen-bond acceptors (Lipinski definition) is 6. The van der Waals surface area contributed by atoms with Crippen molar-refractivity contribution in [2.45, 2.75) is 58.8 Å². The third-order valence-electron chi connectivity index (χ3n) is 4.17. The number of ether oxygens (including phenoxy) is 1. The SMILES string of the molecule is CC(C)(C)c1ccc(OCCNc2nc(CC(=O)[O-])cs2)c(C(C)(C)C)c1. The van der Waals surface area contributed by atoms with Crippen LogP contribution < -0.4 is 15.2 Å². The zero-order valence-corrected chi connectivity index (χ0v) is 17.8. The molecule has 0 fully saturated rings. The third kappa shape index (κ3) is 6.24. The van der Waals surface area contributed by atoms with Crippen LogP contribution in [0.1, 0.15) is 58.4 Å². The van der Waals surface area contributed by atoms with Gasteiger partial charge in [-0.1, -0.05) is 53.7 Å². The van der Waals surface area contributed by atoms with E-state index in [1.807, 2.05) is 0 Å². The van der Waals surface area contributed by atoms with Crippen LogP contribution in [-0.4, -0.2) is 24.1 Å². The minimum atomic E-state index is -1.12. The summed E-state index contributed by atoms with van der Waals surface area (Å²) in [4.78, 5) is 14.8. The van der Waals surface area contributed by atoms with E-state index in [0.717, 1.165) is 5.75 Å². The van der Waals surface area contributed by atoms with Crippen molar-refractivity contribution in [1.29, 1.82) is 0 Å². The molecule has 2 rings (SSSR count). The molecule has 0 saturated heterocycles. The first kappa shape index (κ1) is 21.2. The van der Waals surface area contributed by atoms with Crippen LogP contribution in [0.5, 0.6) is 5.75 Å². The highest BCUT2D eigenvalue weighted by molar-refractivity contribution is 7.13. The molecule has 148 valence electrons. The van der Waals surface area contributed by atoms with E-state index in [9.17, 15) is 9.90 Å². The van der Waals surface area contributed by atoms with Gasteiger partial charge in [0.25, 0.3) is 0 Å². The van der Waals surface area contributed by atoms with Crippen LogP contribution in [0.15, 0.2) is 23.6 Å². The first-order chi connectivity index (χ1) is 12.5. The molecular formula is C21H29N2O3S-. The molecule has 0 amide bonds. The Kier molecular flexibility index (Phi) is 6.52. The van der Waals surface area contributed by atoms with E-state index in [1.54, 1.807) is 5.38 Å². The molecule has 0 unspecified atom stereocenters. The summed E-state index contributed by atoms with van der Waals surface area (Å²) in [5.74, 6) is -0.224. The van der Waals surface area contributed by atoms with Gasteiger partial charge in [-0.2, -0.15) is 0 Å². The summed E-state index contributed by atoms with van der Waals surface area (Å²) in [6, 6.07) is 6.43. The highest BCUT2D eigenvalue weighted by atomic mass is 32.1. The van der Waals surface area contributed by atoms with Gasteiger partial charge in [0.2, 0.25) is 0 Å². The van der Waals surface area contributed by atoms with Gasteiger partial charge in [0.1, 0.15) is 12.4 Å². The summed E-state index contributed by atoms with van der Waals surface area (Å²) >= 11 is 1.38. The maximum atomic E-state index is 10.6. The van der Waals surface area contributed by atoms with Gasteiger partial charge in [0.15, 0.2) is 5.13 Å². The molecule has 2 aromatic rings. The van der Waals surface area contributed by atoms with Crippen LogP contribution in [0.2, 0.25) is 0 Å². The topological polar surface area (TPSA) is 74.3 Å². The van der Waals surface area contributed by atoms with Gasteiger partial charge in [-0.25, -0.2) is 4.98 Å². The van der Waals surface area contributed by atoms with Crippen LogP contribution in [0.3, 0.4) is 0 Å². The van der Waals surface area contributed by atoms with Crippen LogP contribution in [-0.2, 0) is 22.0 Å². The van der Waals surface area contributed by atoms with E-state index in [2.05, 4.69) is 70.0 Å². The second kappa shape index (κ2) is 8.30. The van der Waals surface area contributed by atoms with E-state index in [1.165, 1.54) is 22.5 Å². The molecule has 1 aromatic carbocycles. The molecule has 0 aliphatic heterocycles. The maximum Gasteiger partial charge on any atom is 0.182 e. The van der Waals surface area contributed by atoms with Crippen LogP contribution in [0.25, 0.3) is 0 Å². The zero-order valence-electron chi connectivity index (χ0n) is 17.0. The van der Waals surface area contributed by atoms with Gasteiger partial charge in [0.05, 0.1) is 12.2 Å². The molecule has 5 nitrogen and oxygen atoms in total. The number of thiazole rings is 1. The number of aliphatic carboxylic acids is 1. The molecule has 0 aliphatic rings. The Hall–Kier alpha value is -2.08. The van der Waals surface area contributed by atoms with Gasteiger partial charge in [-0.05, 0) is 28.0 Å². The zero-order chi connectivity index (χ0) is 20.2. The maximum absolute atomic E-state index is 10.6. The Morgan fingerprint density at radius 3 is 2.48 bits per heavy atom. The Balaban J connectivity index is 1.99. The van der Waals surface area contributed by atoms with Gasteiger partial charge in [-0.15, -0.1) is 11.3 Å². The standard InChI is InChI=1S/C21H30N2O3S/c1-20(2,3)14-7-8-17(16(11-14)21(4,5)6)26-10-9-22-19-23-15(13-27-19)12-18(24)25/h7-8,11,13H,9-10,12H2,1-6H3,(H,22,23)(H,24,25)/p-1. The summed E-state index contributed by atoms with van der Waals surface area (Å²) in [6.07, 6.45) is -0.163. The largest absolute Gasteiger partial charge is 0.550 e. The van der Waals surface area contributed by atoms with Crippen molar-refractivity contribution in [3.05, 3.63) is 40.4 Å². The number of carboxylic acid groups (broad SMARTS) is 1. The Labute approximate surface area is 165 Å². The Bertz CT molecular complexity index is 785. The first-order valence-electron chi connectivity index (χ1n) is 9.13. The van der Waals surface area contributed by atoms with Gasteiger partial charge >= 0.3 is 0 Å². The third-order valence-corrected chi connectivity index (χ3v) is 5.02. The van der Waals surface area contributed by atoms with Crippen molar-refractivity contribution in [1.82, 2.24) is 4.98 Å². The number of carbonyl (C=O) groups excluding carboxylic acids is 1. The fourth-order valence-electron chi connectivity index (χ4n) is 2.64. The monoisotopic (exact) mass is 389 g/mol.